The summed E-state index contributed by atoms with van der Waals surface area (Å²) in [5.41, 5.74) is 2.23. The van der Waals surface area contributed by atoms with E-state index < -0.39 is 29.2 Å². The number of aromatic nitrogens is 1. The van der Waals surface area contributed by atoms with Crippen LogP contribution in [0.3, 0.4) is 0 Å². The molecule has 1 atom stereocenters. The smallest absolute Gasteiger partial charge is 0.407 e. The number of carbonyl (C=O) groups is 2. The molecule has 0 saturated heterocycles. The van der Waals surface area contributed by atoms with Crippen molar-refractivity contribution < 1.29 is 32.6 Å². The molecule has 0 aliphatic heterocycles. The molecule has 4 aromatic rings. The Balaban J connectivity index is 1.54. The molecule has 5 rings (SSSR count). The molecule has 10 heteroatoms. The number of aryl methyl sites for hydroxylation is 1. The summed E-state index contributed by atoms with van der Waals surface area (Å²) in [6, 6.07) is 12.1. The Bertz CT molecular complexity index is 1690. The van der Waals surface area contributed by atoms with Crippen molar-refractivity contribution >= 4 is 22.9 Å². The molecule has 43 heavy (non-hydrogen) atoms. The summed E-state index contributed by atoms with van der Waals surface area (Å²) in [6.45, 7) is 5.47. The molecular formula is C33H35F2N3O5. The van der Waals surface area contributed by atoms with Gasteiger partial charge in [-0.1, -0.05) is 18.2 Å². The van der Waals surface area contributed by atoms with Gasteiger partial charge in [0.2, 0.25) is 0 Å². The number of methoxy groups -OCH3 is 2. The molecule has 8 nitrogen and oxygen atoms in total. The van der Waals surface area contributed by atoms with Gasteiger partial charge in [0.05, 0.1) is 25.3 Å². The lowest BCUT2D eigenvalue weighted by Gasteiger charge is -2.26. The van der Waals surface area contributed by atoms with E-state index in [0.29, 0.717) is 47.2 Å². The first kappa shape index (κ1) is 29.9. The number of aromatic amines is 1. The minimum absolute atomic E-state index is 0.0666. The van der Waals surface area contributed by atoms with Crippen molar-refractivity contribution in [3.05, 3.63) is 82.5 Å². The summed E-state index contributed by atoms with van der Waals surface area (Å²) < 4.78 is 47.2. The van der Waals surface area contributed by atoms with E-state index in [2.05, 4.69) is 15.6 Å². The maximum absolute atomic E-state index is 16.0. The molecule has 1 aliphatic rings. The van der Waals surface area contributed by atoms with E-state index in [1.54, 1.807) is 52.1 Å². The predicted octanol–water partition coefficient (Wildman–Crippen LogP) is 6.44. The third-order valence-electron chi connectivity index (χ3n) is 7.46. The van der Waals surface area contributed by atoms with E-state index in [9.17, 15) is 9.59 Å². The van der Waals surface area contributed by atoms with Crippen molar-refractivity contribution in [2.24, 2.45) is 0 Å². The van der Waals surface area contributed by atoms with E-state index >= 15 is 8.78 Å². The number of fused-ring (bicyclic) bond motifs is 3. The van der Waals surface area contributed by atoms with Gasteiger partial charge in [-0.3, -0.25) is 4.79 Å². The molecule has 226 valence electrons. The summed E-state index contributed by atoms with van der Waals surface area (Å²) in [6.07, 6.45) is 0.946. The minimum Gasteiger partial charge on any atom is -0.497 e. The van der Waals surface area contributed by atoms with Crippen LogP contribution in [0.5, 0.6) is 11.5 Å². The van der Waals surface area contributed by atoms with Crippen molar-refractivity contribution in [2.75, 3.05) is 14.2 Å². The van der Waals surface area contributed by atoms with Gasteiger partial charge >= 0.3 is 6.09 Å². The fraction of sp³-hybridized carbons (Fsp3) is 0.333. The topological polar surface area (TPSA) is 102 Å². The van der Waals surface area contributed by atoms with Crippen LogP contribution in [0.2, 0.25) is 0 Å². The number of H-pyrrole nitrogens is 1. The second-order valence-electron chi connectivity index (χ2n) is 11.5. The van der Waals surface area contributed by atoms with Gasteiger partial charge in [-0.15, -0.1) is 0 Å². The lowest BCUT2D eigenvalue weighted by atomic mass is 9.88. The fourth-order valence-corrected chi connectivity index (χ4v) is 5.54. The van der Waals surface area contributed by atoms with Gasteiger partial charge in [-0.05, 0) is 69.9 Å². The maximum atomic E-state index is 16.0. The molecule has 0 radical (unpaired) electrons. The number of nitrogens with one attached hydrogen (secondary N) is 3. The van der Waals surface area contributed by atoms with Gasteiger partial charge in [0.25, 0.3) is 5.91 Å². The van der Waals surface area contributed by atoms with E-state index in [0.717, 1.165) is 17.3 Å². The zero-order valence-electron chi connectivity index (χ0n) is 24.8. The highest BCUT2D eigenvalue weighted by Gasteiger charge is 2.30. The molecule has 1 aromatic heterocycles. The van der Waals surface area contributed by atoms with Gasteiger partial charge in [-0.2, -0.15) is 0 Å². The molecule has 1 heterocycles. The summed E-state index contributed by atoms with van der Waals surface area (Å²) in [7, 11) is 3.07. The first-order chi connectivity index (χ1) is 20.5. The highest BCUT2D eigenvalue weighted by Crippen LogP contribution is 2.40. The first-order valence-electron chi connectivity index (χ1n) is 14.1. The largest absolute Gasteiger partial charge is 0.497 e. The maximum Gasteiger partial charge on any atom is 0.407 e. The van der Waals surface area contributed by atoms with Crippen LogP contribution in [0.25, 0.3) is 22.0 Å². The van der Waals surface area contributed by atoms with Crippen LogP contribution in [0.15, 0.2) is 48.5 Å². The van der Waals surface area contributed by atoms with Gasteiger partial charge in [0.15, 0.2) is 0 Å². The molecule has 2 amide bonds. The third kappa shape index (κ3) is 6.28. The number of ether oxygens (including phenoxy) is 3. The average Bonchev–Trinajstić information content (AvgIpc) is 3.33. The van der Waals surface area contributed by atoms with Crippen molar-refractivity contribution in [2.45, 2.75) is 58.2 Å². The van der Waals surface area contributed by atoms with Crippen LogP contribution in [-0.2, 0) is 24.1 Å². The number of benzene rings is 3. The van der Waals surface area contributed by atoms with Crippen molar-refractivity contribution in [3.63, 3.8) is 0 Å². The lowest BCUT2D eigenvalue weighted by molar-refractivity contribution is 0.0500. The molecule has 3 N–H and O–H groups in total. The predicted molar refractivity (Wildman–Crippen MR) is 160 cm³/mol. The molecule has 0 fully saturated rings. The van der Waals surface area contributed by atoms with Crippen molar-refractivity contribution in [1.82, 2.24) is 15.6 Å². The Morgan fingerprint density at radius 2 is 1.79 bits per heavy atom. The molecular weight excluding hydrogens is 556 g/mol. The zero-order valence-corrected chi connectivity index (χ0v) is 24.8. The Morgan fingerprint density at radius 3 is 2.49 bits per heavy atom. The fourth-order valence-electron chi connectivity index (χ4n) is 5.54. The molecule has 0 spiro atoms. The number of carbonyl (C=O) groups excluding carboxylic acids is 2. The van der Waals surface area contributed by atoms with Gasteiger partial charge in [0.1, 0.15) is 28.7 Å². The summed E-state index contributed by atoms with van der Waals surface area (Å²) in [5.74, 6) is -0.681. The highest BCUT2D eigenvalue weighted by atomic mass is 19.1. The number of alkyl carbamates (subject to hydrolysis) is 1. The van der Waals surface area contributed by atoms with Crippen LogP contribution in [0, 0.1) is 11.6 Å². The molecule has 0 bridgehead atoms. The summed E-state index contributed by atoms with van der Waals surface area (Å²) >= 11 is 0. The number of halogens is 2. The summed E-state index contributed by atoms with van der Waals surface area (Å²) in [5, 5.41) is 6.19. The van der Waals surface area contributed by atoms with E-state index in [-0.39, 0.29) is 29.3 Å². The third-order valence-corrected chi connectivity index (χ3v) is 7.46. The first-order valence-corrected chi connectivity index (χ1v) is 14.1. The van der Waals surface area contributed by atoms with Crippen molar-refractivity contribution in [3.8, 4) is 22.6 Å². The van der Waals surface area contributed by atoms with Crippen molar-refractivity contribution in [1.29, 1.82) is 0 Å². The molecule has 0 saturated carbocycles. The van der Waals surface area contributed by atoms with Crippen LogP contribution in [0.4, 0.5) is 13.6 Å². The second kappa shape index (κ2) is 11.9. The van der Waals surface area contributed by atoms with Crippen LogP contribution in [0.1, 0.15) is 54.4 Å². The second-order valence-corrected chi connectivity index (χ2v) is 11.5. The molecule has 1 unspecified atom stereocenters. The van der Waals surface area contributed by atoms with E-state index in [1.165, 1.54) is 25.3 Å². The summed E-state index contributed by atoms with van der Waals surface area (Å²) in [4.78, 5) is 29.4. The van der Waals surface area contributed by atoms with Crippen LogP contribution >= 0.6 is 0 Å². The molecule has 3 aromatic carbocycles. The average molecular weight is 592 g/mol. The number of hydrogen-bond donors (Lipinski definition) is 3. The minimum atomic E-state index is -0.728. The standard InChI is InChI=1S/C33H35F2N3O5/c1-33(2,3)43-32(40)37-19-11-13-26-22(14-19)29-28(21-8-6-7-9-24(21)34)25(35)16-23(30(29)38-26)31(39)36-17-18-10-12-20(41-4)15-27(18)42-5/h6-10,12,15-16,19,38H,11,13-14,17H2,1-5H3,(H,36,39)(H,37,40). The zero-order chi connectivity index (χ0) is 30.9. The lowest BCUT2D eigenvalue weighted by Crippen LogP contribution is -2.41. The Hall–Kier alpha value is -4.60. The Labute approximate surface area is 248 Å². The van der Waals surface area contributed by atoms with E-state index in [1.807, 2.05) is 0 Å². The highest BCUT2D eigenvalue weighted by molar-refractivity contribution is 6.11. The number of amides is 2. The number of hydrogen-bond acceptors (Lipinski definition) is 5. The van der Waals surface area contributed by atoms with Gasteiger partial charge in [-0.25, -0.2) is 13.6 Å². The Morgan fingerprint density at radius 1 is 1.02 bits per heavy atom. The van der Waals surface area contributed by atoms with Gasteiger partial charge in [0, 0.05) is 46.4 Å². The van der Waals surface area contributed by atoms with Crippen LogP contribution in [-0.4, -0.2) is 42.8 Å². The SMILES string of the molecule is COc1ccc(CNC(=O)c2cc(F)c(-c3ccccc3F)c3c4c([nH]c23)CCC(NC(=O)OC(C)(C)C)C4)c(OC)c1. The van der Waals surface area contributed by atoms with Gasteiger partial charge < -0.3 is 29.8 Å². The van der Waals surface area contributed by atoms with E-state index in [4.69, 9.17) is 14.2 Å². The number of rotatable bonds is 7. The quantitative estimate of drug-likeness (QED) is 0.230. The van der Waals surface area contributed by atoms with Crippen LogP contribution < -0.4 is 20.1 Å². The monoisotopic (exact) mass is 591 g/mol. The Kier molecular flexibility index (Phi) is 8.30. The molecule has 1 aliphatic carbocycles. The normalized spacial score (nSPS) is 14.6.